The normalized spacial score (nSPS) is 19.6. The van der Waals surface area contributed by atoms with Crippen molar-refractivity contribution in [1.82, 2.24) is 4.90 Å². The molecule has 0 fully saturated rings. The van der Waals surface area contributed by atoms with E-state index in [1.165, 1.54) is 18.1 Å². The van der Waals surface area contributed by atoms with E-state index in [0.29, 0.717) is 12.5 Å². The van der Waals surface area contributed by atoms with Gasteiger partial charge < -0.3 is 4.90 Å². The van der Waals surface area contributed by atoms with Gasteiger partial charge in [-0.05, 0) is 30.4 Å². The van der Waals surface area contributed by atoms with Gasteiger partial charge in [0.2, 0.25) is 5.91 Å². The summed E-state index contributed by atoms with van der Waals surface area (Å²) in [5, 5.41) is 0. The molecule has 0 N–H and O–H groups in total. The van der Waals surface area contributed by atoms with Gasteiger partial charge in [0.1, 0.15) is 0 Å². The molecule has 1 amide bonds. The van der Waals surface area contributed by atoms with E-state index in [1.54, 1.807) is 11.9 Å². The fraction of sp³-hybridized carbons (Fsp3) is 0.462. The Labute approximate surface area is 92.0 Å². The molecule has 15 heavy (non-hydrogen) atoms. The lowest BCUT2D eigenvalue weighted by molar-refractivity contribution is -0.124. The number of nitrogens with zero attached hydrogens (tertiary/aromatic N) is 1. The van der Waals surface area contributed by atoms with Gasteiger partial charge in [-0.2, -0.15) is 0 Å². The maximum absolute atomic E-state index is 11.3. The molecule has 0 aliphatic heterocycles. The molecule has 0 heterocycles. The van der Waals surface area contributed by atoms with Crippen LogP contribution in [0.4, 0.5) is 0 Å². The zero-order valence-corrected chi connectivity index (χ0v) is 9.57. The van der Waals surface area contributed by atoms with Crippen LogP contribution in [-0.4, -0.2) is 24.4 Å². The van der Waals surface area contributed by atoms with Crippen molar-refractivity contribution in [3.8, 4) is 0 Å². The van der Waals surface area contributed by atoms with Crippen molar-refractivity contribution in [3.63, 3.8) is 0 Å². The van der Waals surface area contributed by atoms with Crippen molar-refractivity contribution < 1.29 is 4.79 Å². The van der Waals surface area contributed by atoms with E-state index in [1.807, 2.05) is 0 Å². The minimum absolute atomic E-state index is 0.0260. The molecule has 0 saturated carbocycles. The molecule has 2 heteroatoms. The quantitative estimate of drug-likeness (QED) is 0.646. The Morgan fingerprint density at radius 1 is 1.73 bits per heavy atom. The summed E-state index contributed by atoms with van der Waals surface area (Å²) in [4.78, 5) is 12.9. The van der Waals surface area contributed by atoms with E-state index in [9.17, 15) is 4.79 Å². The molecule has 0 aromatic heterocycles. The standard InChI is InChI=1S/C13H19NO/c1-4-11-6-8-12(9-7-11)10-14(3)13(15)5-2/h5-6,8-9,11H,2,4,7,10H2,1,3H3. The van der Waals surface area contributed by atoms with Crippen molar-refractivity contribution in [2.45, 2.75) is 19.8 Å². The Hall–Kier alpha value is -1.31. The molecule has 1 aliphatic rings. The van der Waals surface area contributed by atoms with Crippen molar-refractivity contribution >= 4 is 5.91 Å². The second-order valence-corrected chi connectivity index (χ2v) is 3.94. The van der Waals surface area contributed by atoms with Gasteiger partial charge in [-0.25, -0.2) is 0 Å². The smallest absolute Gasteiger partial charge is 0.245 e. The zero-order valence-electron chi connectivity index (χ0n) is 9.57. The Balaban J connectivity index is 2.48. The Morgan fingerprint density at radius 3 is 2.93 bits per heavy atom. The largest absolute Gasteiger partial charge is 0.338 e. The third-order valence-corrected chi connectivity index (χ3v) is 2.76. The summed E-state index contributed by atoms with van der Waals surface area (Å²) in [7, 11) is 1.80. The first-order chi connectivity index (χ1) is 7.17. The lowest BCUT2D eigenvalue weighted by Crippen LogP contribution is -2.26. The highest BCUT2D eigenvalue weighted by molar-refractivity contribution is 5.86. The summed E-state index contributed by atoms with van der Waals surface area (Å²) in [5.74, 6) is 0.649. The second-order valence-electron chi connectivity index (χ2n) is 3.94. The number of hydrogen-bond acceptors (Lipinski definition) is 1. The minimum Gasteiger partial charge on any atom is -0.338 e. The van der Waals surface area contributed by atoms with Crippen LogP contribution in [-0.2, 0) is 4.79 Å². The van der Waals surface area contributed by atoms with Gasteiger partial charge in [-0.15, -0.1) is 0 Å². The number of hydrogen-bond donors (Lipinski definition) is 0. The molecule has 1 unspecified atom stereocenters. The fourth-order valence-corrected chi connectivity index (χ4v) is 1.64. The lowest BCUT2D eigenvalue weighted by Gasteiger charge is -2.19. The zero-order chi connectivity index (χ0) is 11.3. The highest BCUT2D eigenvalue weighted by atomic mass is 16.2. The van der Waals surface area contributed by atoms with Gasteiger partial charge in [-0.3, -0.25) is 4.79 Å². The summed E-state index contributed by atoms with van der Waals surface area (Å²) in [6.07, 6.45) is 10.2. The monoisotopic (exact) mass is 205 g/mol. The maximum Gasteiger partial charge on any atom is 0.245 e. The molecule has 0 saturated heterocycles. The summed E-state index contributed by atoms with van der Waals surface area (Å²) >= 11 is 0. The first-order valence-electron chi connectivity index (χ1n) is 5.42. The van der Waals surface area contributed by atoms with E-state index in [4.69, 9.17) is 0 Å². The maximum atomic E-state index is 11.3. The van der Waals surface area contributed by atoms with E-state index in [-0.39, 0.29) is 5.91 Å². The molecule has 1 rings (SSSR count). The summed E-state index contributed by atoms with van der Waals surface area (Å²) in [5.41, 5.74) is 1.22. The predicted octanol–water partition coefficient (Wildman–Crippen LogP) is 2.54. The molecule has 0 aromatic carbocycles. The fourth-order valence-electron chi connectivity index (χ4n) is 1.64. The van der Waals surface area contributed by atoms with E-state index in [0.717, 1.165) is 6.42 Å². The summed E-state index contributed by atoms with van der Waals surface area (Å²) in [6.45, 7) is 6.35. The van der Waals surface area contributed by atoms with Gasteiger partial charge in [0, 0.05) is 13.6 Å². The highest BCUT2D eigenvalue weighted by Crippen LogP contribution is 2.19. The third-order valence-electron chi connectivity index (χ3n) is 2.76. The first-order valence-corrected chi connectivity index (χ1v) is 5.42. The van der Waals surface area contributed by atoms with Gasteiger partial charge in [-0.1, -0.05) is 31.7 Å². The van der Waals surface area contributed by atoms with E-state index >= 15 is 0 Å². The SMILES string of the molecule is C=CC(=O)N(C)CC1=CCC(CC)C=C1. The molecular formula is C13H19NO. The van der Waals surface area contributed by atoms with Crippen molar-refractivity contribution in [2.75, 3.05) is 13.6 Å². The predicted molar refractivity (Wildman–Crippen MR) is 63.5 cm³/mol. The van der Waals surface area contributed by atoms with Crippen LogP contribution in [0.3, 0.4) is 0 Å². The van der Waals surface area contributed by atoms with Crippen LogP contribution in [0.25, 0.3) is 0 Å². The van der Waals surface area contributed by atoms with Gasteiger partial charge in [0.05, 0.1) is 0 Å². The number of rotatable bonds is 4. The van der Waals surface area contributed by atoms with Crippen molar-refractivity contribution in [2.24, 2.45) is 5.92 Å². The second kappa shape index (κ2) is 5.54. The van der Waals surface area contributed by atoms with Crippen LogP contribution in [0.2, 0.25) is 0 Å². The minimum atomic E-state index is -0.0260. The van der Waals surface area contributed by atoms with Crippen molar-refractivity contribution in [1.29, 1.82) is 0 Å². The summed E-state index contributed by atoms with van der Waals surface area (Å²) in [6, 6.07) is 0. The third kappa shape index (κ3) is 3.39. The molecule has 1 aliphatic carbocycles. The first kappa shape index (κ1) is 11.8. The average Bonchev–Trinajstić information content (AvgIpc) is 2.29. The van der Waals surface area contributed by atoms with Crippen LogP contribution >= 0.6 is 0 Å². The van der Waals surface area contributed by atoms with Crippen LogP contribution in [0.1, 0.15) is 19.8 Å². The topological polar surface area (TPSA) is 20.3 Å². The van der Waals surface area contributed by atoms with Crippen molar-refractivity contribution in [3.05, 3.63) is 36.5 Å². The number of carbonyl (C=O) groups is 1. The Bertz CT molecular complexity index is 302. The Kier molecular flexibility index (Phi) is 4.35. The van der Waals surface area contributed by atoms with Gasteiger partial charge in [0.25, 0.3) is 0 Å². The molecule has 82 valence electrons. The van der Waals surface area contributed by atoms with Crippen LogP contribution in [0.15, 0.2) is 36.5 Å². The van der Waals surface area contributed by atoms with Crippen LogP contribution < -0.4 is 0 Å². The number of likely N-dealkylation sites (N-methyl/N-ethyl adjacent to an activating group) is 1. The lowest BCUT2D eigenvalue weighted by atomic mass is 9.94. The van der Waals surface area contributed by atoms with Gasteiger partial charge in [0.15, 0.2) is 0 Å². The number of carbonyl (C=O) groups excluding carboxylic acids is 1. The van der Waals surface area contributed by atoms with Gasteiger partial charge >= 0.3 is 0 Å². The number of amides is 1. The number of allylic oxidation sites excluding steroid dienone is 2. The molecule has 1 atom stereocenters. The molecule has 0 bridgehead atoms. The van der Waals surface area contributed by atoms with Crippen LogP contribution in [0, 0.1) is 5.92 Å². The van der Waals surface area contributed by atoms with E-state index < -0.39 is 0 Å². The van der Waals surface area contributed by atoms with E-state index in [2.05, 4.69) is 31.7 Å². The molecule has 0 aromatic rings. The highest BCUT2D eigenvalue weighted by Gasteiger charge is 2.09. The molecule has 0 spiro atoms. The Morgan fingerprint density at radius 2 is 2.47 bits per heavy atom. The molecule has 0 radical (unpaired) electrons. The molecule has 2 nitrogen and oxygen atoms in total. The van der Waals surface area contributed by atoms with Crippen LogP contribution in [0.5, 0.6) is 0 Å². The average molecular weight is 205 g/mol. The molecular weight excluding hydrogens is 186 g/mol. The summed E-state index contributed by atoms with van der Waals surface area (Å²) < 4.78 is 0.